The SMILES string of the molecule is CC(C)(C)C(N)c1cc(Br)ccc1Br. The summed E-state index contributed by atoms with van der Waals surface area (Å²) in [6, 6.07) is 6.13. The smallest absolute Gasteiger partial charge is 0.0355 e. The molecule has 2 N–H and O–H groups in total. The number of rotatable bonds is 1. The van der Waals surface area contributed by atoms with Crippen LogP contribution in [0.4, 0.5) is 0 Å². The van der Waals surface area contributed by atoms with E-state index in [1.165, 1.54) is 0 Å². The van der Waals surface area contributed by atoms with Gasteiger partial charge in [0.15, 0.2) is 0 Å². The zero-order valence-electron chi connectivity index (χ0n) is 8.64. The van der Waals surface area contributed by atoms with Crippen LogP contribution in [0.2, 0.25) is 0 Å². The van der Waals surface area contributed by atoms with E-state index in [0.717, 1.165) is 14.5 Å². The summed E-state index contributed by atoms with van der Waals surface area (Å²) in [6.07, 6.45) is 0. The van der Waals surface area contributed by atoms with E-state index in [1.807, 2.05) is 12.1 Å². The molecule has 1 rings (SSSR count). The number of benzene rings is 1. The van der Waals surface area contributed by atoms with Crippen LogP contribution >= 0.6 is 31.9 Å². The fraction of sp³-hybridized carbons (Fsp3) is 0.455. The maximum atomic E-state index is 6.19. The van der Waals surface area contributed by atoms with Crippen molar-refractivity contribution in [3.05, 3.63) is 32.7 Å². The molecule has 1 nitrogen and oxygen atoms in total. The molecule has 0 aliphatic rings. The molecule has 0 amide bonds. The van der Waals surface area contributed by atoms with Gasteiger partial charge in [0.1, 0.15) is 0 Å². The van der Waals surface area contributed by atoms with E-state index in [0.29, 0.717) is 0 Å². The van der Waals surface area contributed by atoms with Crippen LogP contribution in [-0.2, 0) is 0 Å². The lowest BCUT2D eigenvalue weighted by atomic mass is 9.83. The summed E-state index contributed by atoms with van der Waals surface area (Å²) in [6.45, 7) is 6.43. The minimum absolute atomic E-state index is 0.0365. The van der Waals surface area contributed by atoms with E-state index >= 15 is 0 Å². The molecule has 0 fully saturated rings. The Labute approximate surface area is 102 Å². The largest absolute Gasteiger partial charge is 0.323 e. The number of hydrogen-bond acceptors (Lipinski definition) is 1. The zero-order chi connectivity index (χ0) is 10.9. The summed E-state index contributed by atoms with van der Waals surface area (Å²) in [7, 11) is 0. The Balaban J connectivity index is 3.12. The molecule has 1 atom stereocenters. The summed E-state index contributed by atoms with van der Waals surface area (Å²) >= 11 is 6.98. The molecule has 0 saturated carbocycles. The molecule has 0 spiro atoms. The lowest BCUT2D eigenvalue weighted by Crippen LogP contribution is -2.26. The predicted octanol–water partition coefficient (Wildman–Crippen LogP) is 4.26. The fourth-order valence-electron chi connectivity index (χ4n) is 1.22. The first-order valence-electron chi connectivity index (χ1n) is 4.53. The molecule has 78 valence electrons. The molecule has 0 bridgehead atoms. The van der Waals surface area contributed by atoms with Gasteiger partial charge in [0.05, 0.1) is 0 Å². The van der Waals surface area contributed by atoms with Gasteiger partial charge < -0.3 is 5.73 Å². The maximum absolute atomic E-state index is 6.19. The van der Waals surface area contributed by atoms with Crippen LogP contribution < -0.4 is 5.73 Å². The van der Waals surface area contributed by atoms with Crippen molar-refractivity contribution in [1.29, 1.82) is 0 Å². The van der Waals surface area contributed by atoms with E-state index in [4.69, 9.17) is 5.73 Å². The van der Waals surface area contributed by atoms with Gasteiger partial charge in [0, 0.05) is 15.0 Å². The minimum atomic E-state index is 0.0365. The van der Waals surface area contributed by atoms with Crippen LogP contribution in [0.1, 0.15) is 32.4 Å². The summed E-state index contributed by atoms with van der Waals surface area (Å²) < 4.78 is 2.14. The second kappa shape index (κ2) is 4.33. The summed E-state index contributed by atoms with van der Waals surface area (Å²) in [5, 5.41) is 0. The Bertz CT molecular complexity index is 329. The highest BCUT2D eigenvalue weighted by atomic mass is 79.9. The number of halogens is 2. The lowest BCUT2D eigenvalue weighted by Gasteiger charge is -2.28. The monoisotopic (exact) mass is 319 g/mol. The highest BCUT2D eigenvalue weighted by molar-refractivity contribution is 9.11. The van der Waals surface area contributed by atoms with E-state index in [2.05, 4.69) is 58.7 Å². The molecule has 0 aliphatic carbocycles. The van der Waals surface area contributed by atoms with Gasteiger partial charge in [-0.05, 0) is 29.2 Å². The van der Waals surface area contributed by atoms with Crippen molar-refractivity contribution >= 4 is 31.9 Å². The fourth-order valence-corrected chi connectivity index (χ4v) is 2.09. The van der Waals surface area contributed by atoms with Gasteiger partial charge in [-0.15, -0.1) is 0 Å². The highest BCUT2D eigenvalue weighted by Crippen LogP contribution is 2.35. The summed E-state index contributed by atoms with van der Waals surface area (Å²) in [5.41, 5.74) is 7.41. The van der Waals surface area contributed by atoms with Gasteiger partial charge in [0.25, 0.3) is 0 Å². The maximum Gasteiger partial charge on any atom is 0.0355 e. The van der Waals surface area contributed by atoms with Crippen molar-refractivity contribution < 1.29 is 0 Å². The van der Waals surface area contributed by atoms with Crippen LogP contribution in [0.5, 0.6) is 0 Å². The van der Waals surface area contributed by atoms with Gasteiger partial charge in [-0.3, -0.25) is 0 Å². The second-order valence-corrected chi connectivity index (χ2v) is 6.28. The molecule has 3 heteroatoms. The summed E-state index contributed by atoms with van der Waals surface area (Å²) in [5.74, 6) is 0. The van der Waals surface area contributed by atoms with Crippen LogP contribution in [-0.4, -0.2) is 0 Å². The van der Waals surface area contributed by atoms with Gasteiger partial charge >= 0.3 is 0 Å². The van der Waals surface area contributed by atoms with Crippen molar-refractivity contribution in [2.75, 3.05) is 0 Å². The van der Waals surface area contributed by atoms with E-state index in [9.17, 15) is 0 Å². The Morgan fingerprint density at radius 1 is 1.21 bits per heavy atom. The molecule has 0 saturated heterocycles. The molecule has 0 aromatic heterocycles. The van der Waals surface area contributed by atoms with Crippen molar-refractivity contribution in [2.24, 2.45) is 11.1 Å². The van der Waals surface area contributed by atoms with Crippen LogP contribution in [0.15, 0.2) is 27.1 Å². The van der Waals surface area contributed by atoms with E-state index in [-0.39, 0.29) is 11.5 Å². The first-order valence-corrected chi connectivity index (χ1v) is 6.11. The lowest BCUT2D eigenvalue weighted by molar-refractivity contribution is 0.326. The first kappa shape index (κ1) is 12.2. The van der Waals surface area contributed by atoms with E-state index < -0.39 is 0 Å². The zero-order valence-corrected chi connectivity index (χ0v) is 11.8. The van der Waals surface area contributed by atoms with Gasteiger partial charge in [-0.25, -0.2) is 0 Å². The molecule has 14 heavy (non-hydrogen) atoms. The van der Waals surface area contributed by atoms with Crippen molar-refractivity contribution in [3.63, 3.8) is 0 Å². The Hall–Kier alpha value is 0.140. The topological polar surface area (TPSA) is 26.0 Å². The number of hydrogen-bond donors (Lipinski definition) is 1. The highest BCUT2D eigenvalue weighted by Gasteiger charge is 2.23. The van der Waals surface area contributed by atoms with Crippen LogP contribution in [0.25, 0.3) is 0 Å². The minimum Gasteiger partial charge on any atom is -0.323 e. The Morgan fingerprint density at radius 2 is 1.79 bits per heavy atom. The first-order chi connectivity index (χ1) is 6.32. The molecule has 0 radical (unpaired) electrons. The third-order valence-electron chi connectivity index (χ3n) is 2.23. The summed E-state index contributed by atoms with van der Waals surface area (Å²) in [4.78, 5) is 0. The Kier molecular flexibility index (Phi) is 3.78. The van der Waals surface area contributed by atoms with Gasteiger partial charge in [0.2, 0.25) is 0 Å². The molecule has 1 unspecified atom stereocenters. The molecule has 1 aromatic carbocycles. The third kappa shape index (κ3) is 2.81. The van der Waals surface area contributed by atoms with Gasteiger partial charge in [-0.1, -0.05) is 52.6 Å². The predicted molar refractivity (Wildman–Crippen MR) is 68.2 cm³/mol. The Morgan fingerprint density at radius 3 is 2.29 bits per heavy atom. The standard InChI is InChI=1S/C11H15Br2N/c1-11(2,3)10(14)8-6-7(12)4-5-9(8)13/h4-6,10H,14H2,1-3H3. The van der Waals surface area contributed by atoms with Crippen molar-refractivity contribution in [3.8, 4) is 0 Å². The second-order valence-electron chi connectivity index (χ2n) is 4.51. The van der Waals surface area contributed by atoms with Crippen LogP contribution in [0.3, 0.4) is 0 Å². The van der Waals surface area contributed by atoms with E-state index in [1.54, 1.807) is 0 Å². The third-order valence-corrected chi connectivity index (χ3v) is 3.44. The average molecular weight is 321 g/mol. The number of nitrogens with two attached hydrogens (primary N) is 1. The molecular weight excluding hydrogens is 306 g/mol. The van der Waals surface area contributed by atoms with Crippen LogP contribution in [0, 0.1) is 5.41 Å². The molecular formula is C11H15Br2N. The van der Waals surface area contributed by atoms with Gasteiger partial charge in [-0.2, -0.15) is 0 Å². The van der Waals surface area contributed by atoms with Crippen molar-refractivity contribution in [1.82, 2.24) is 0 Å². The molecule has 1 aromatic rings. The average Bonchev–Trinajstić information content (AvgIpc) is 2.06. The quantitative estimate of drug-likeness (QED) is 0.822. The molecule has 0 aliphatic heterocycles. The molecule has 0 heterocycles. The van der Waals surface area contributed by atoms with Crippen molar-refractivity contribution in [2.45, 2.75) is 26.8 Å². The normalized spacial score (nSPS) is 14.1.